The highest BCUT2D eigenvalue weighted by Crippen LogP contribution is 2.02. The smallest absolute Gasteiger partial charge is 0.317 e. The van der Waals surface area contributed by atoms with Crippen molar-refractivity contribution in [3.8, 4) is 0 Å². The van der Waals surface area contributed by atoms with E-state index >= 15 is 0 Å². The topological polar surface area (TPSA) is 243 Å². The second-order valence-electron chi connectivity index (χ2n) is 10.0. The maximum atomic E-state index is 11.5. The third-order valence-corrected chi connectivity index (χ3v) is 6.55. The first-order chi connectivity index (χ1) is 19.7. The lowest BCUT2D eigenvalue weighted by molar-refractivity contribution is -0.141. The Balaban J connectivity index is 3.28. The third kappa shape index (κ3) is 18.1. The standard InChI is InChI=1S/C24H42N6O12/c31-19(32)13-25-1-2-26(14-20(33)34)5-6-28(16-22(37)38)9-10-30(18-24(41)42)12-11-29(17-23(39)40)8-7-27(4-3-25)15-21(35)36/h1-18H2,(H,31,32)(H,33,34)(H,35,36)(H,37,38)(H,39,40)(H,41,42). The molecule has 0 atom stereocenters. The second-order valence-corrected chi connectivity index (χ2v) is 10.0. The van der Waals surface area contributed by atoms with Gasteiger partial charge in [0.1, 0.15) is 0 Å². The van der Waals surface area contributed by atoms with Gasteiger partial charge in [0, 0.05) is 78.5 Å². The highest BCUT2D eigenvalue weighted by Gasteiger charge is 2.21. The van der Waals surface area contributed by atoms with E-state index in [0.29, 0.717) is 0 Å². The number of hydrogen-bond acceptors (Lipinski definition) is 12. The van der Waals surface area contributed by atoms with Crippen LogP contribution >= 0.6 is 0 Å². The number of nitrogens with zero attached hydrogens (tertiary/aromatic N) is 6. The van der Waals surface area contributed by atoms with Gasteiger partial charge >= 0.3 is 35.8 Å². The van der Waals surface area contributed by atoms with Crippen molar-refractivity contribution in [2.75, 3.05) is 118 Å². The normalized spacial score (nSPS) is 19.4. The molecule has 18 heteroatoms. The van der Waals surface area contributed by atoms with Crippen LogP contribution in [0, 0.1) is 0 Å². The van der Waals surface area contributed by atoms with Crippen molar-refractivity contribution >= 4 is 35.8 Å². The Bertz CT molecular complexity index is 712. The first kappa shape index (κ1) is 36.6. The van der Waals surface area contributed by atoms with Crippen LogP contribution in [-0.2, 0) is 28.8 Å². The van der Waals surface area contributed by atoms with E-state index in [0.717, 1.165) is 0 Å². The summed E-state index contributed by atoms with van der Waals surface area (Å²) in [6, 6.07) is 0. The van der Waals surface area contributed by atoms with E-state index in [4.69, 9.17) is 0 Å². The first-order valence-corrected chi connectivity index (χ1v) is 13.4. The van der Waals surface area contributed by atoms with Gasteiger partial charge in [-0.05, 0) is 0 Å². The minimum atomic E-state index is -1.13. The number of carboxylic acids is 6. The minimum absolute atomic E-state index is 0.136. The molecule has 0 aromatic rings. The fourth-order valence-corrected chi connectivity index (χ4v) is 4.46. The molecule has 1 aliphatic rings. The number of hydrogen-bond donors (Lipinski definition) is 6. The van der Waals surface area contributed by atoms with Crippen LogP contribution in [0.15, 0.2) is 0 Å². The van der Waals surface area contributed by atoms with E-state index < -0.39 is 35.8 Å². The summed E-state index contributed by atoms with van der Waals surface area (Å²) in [5, 5.41) is 56.3. The van der Waals surface area contributed by atoms with Crippen LogP contribution in [0.4, 0.5) is 0 Å². The maximum Gasteiger partial charge on any atom is 0.317 e. The maximum absolute atomic E-state index is 11.5. The van der Waals surface area contributed by atoms with Crippen LogP contribution in [0.3, 0.4) is 0 Å². The van der Waals surface area contributed by atoms with Gasteiger partial charge in [-0.15, -0.1) is 0 Å². The van der Waals surface area contributed by atoms with E-state index in [1.165, 1.54) is 0 Å². The molecule has 1 saturated heterocycles. The summed E-state index contributed by atoms with van der Waals surface area (Å²) in [6.07, 6.45) is 0. The van der Waals surface area contributed by atoms with Crippen LogP contribution in [0.1, 0.15) is 0 Å². The molecule has 1 heterocycles. The number of rotatable bonds is 12. The Hall–Kier alpha value is -3.42. The molecule has 0 amide bonds. The molecule has 0 spiro atoms. The van der Waals surface area contributed by atoms with Crippen LogP contribution in [0.2, 0.25) is 0 Å². The predicted molar refractivity (Wildman–Crippen MR) is 144 cm³/mol. The molecule has 0 saturated carbocycles. The highest BCUT2D eigenvalue weighted by atomic mass is 16.4. The van der Waals surface area contributed by atoms with Gasteiger partial charge in [-0.3, -0.25) is 58.2 Å². The van der Waals surface area contributed by atoms with Gasteiger partial charge in [0.2, 0.25) is 0 Å². The lowest BCUT2D eigenvalue weighted by Gasteiger charge is -2.32. The Labute approximate surface area is 242 Å². The molecule has 0 unspecified atom stereocenters. The summed E-state index contributed by atoms with van der Waals surface area (Å²) in [6.45, 7) is -0.634. The lowest BCUT2D eigenvalue weighted by atomic mass is 10.3. The fraction of sp³-hybridized carbons (Fsp3) is 0.750. The van der Waals surface area contributed by atoms with Crippen LogP contribution in [-0.4, -0.2) is 214 Å². The molecule has 1 rings (SSSR count). The van der Waals surface area contributed by atoms with Gasteiger partial charge < -0.3 is 30.6 Å². The Kier molecular flexibility index (Phi) is 17.1. The lowest BCUT2D eigenvalue weighted by Crippen LogP contribution is -2.49. The molecule has 1 fully saturated rings. The van der Waals surface area contributed by atoms with E-state index in [9.17, 15) is 59.4 Å². The molecule has 240 valence electrons. The quantitative estimate of drug-likeness (QED) is 0.125. The second kappa shape index (κ2) is 19.7. The Morgan fingerprint density at radius 1 is 0.286 bits per heavy atom. The summed E-state index contributed by atoms with van der Waals surface area (Å²) in [4.78, 5) is 78.1. The van der Waals surface area contributed by atoms with Crippen molar-refractivity contribution in [3.05, 3.63) is 0 Å². The van der Waals surface area contributed by atoms with E-state index in [1.54, 1.807) is 29.4 Å². The van der Waals surface area contributed by atoms with Crippen molar-refractivity contribution < 1.29 is 59.4 Å². The molecule has 0 radical (unpaired) electrons. The molecule has 0 bridgehead atoms. The Morgan fingerprint density at radius 3 is 0.452 bits per heavy atom. The van der Waals surface area contributed by atoms with E-state index in [1.807, 2.05) is 0 Å². The van der Waals surface area contributed by atoms with Crippen molar-refractivity contribution in [2.45, 2.75) is 0 Å². The summed E-state index contributed by atoms with van der Waals surface area (Å²) in [5.41, 5.74) is 0. The molecule has 0 aliphatic carbocycles. The van der Waals surface area contributed by atoms with Crippen molar-refractivity contribution in [1.82, 2.24) is 29.4 Å². The zero-order valence-electron chi connectivity index (χ0n) is 23.5. The van der Waals surface area contributed by atoms with Crippen LogP contribution < -0.4 is 0 Å². The van der Waals surface area contributed by atoms with Crippen molar-refractivity contribution in [3.63, 3.8) is 0 Å². The number of carboxylic acid groups (broad SMARTS) is 6. The first-order valence-electron chi connectivity index (χ1n) is 13.4. The average Bonchev–Trinajstić information content (AvgIpc) is 2.85. The fourth-order valence-electron chi connectivity index (χ4n) is 4.46. The van der Waals surface area contributed by atoms with Gasteiger partial charge in [0.25, 0.3) is 0 Å². The largest absolute Gasteiger partial charge is 0.480 e. The third-order valence-electron chi connectivity index (χ3n) is 6.55. The van der Waals surface area contributed by atoms with Gasteiger partial charge in [-0.1, -0.05) is 0 Å². The van der Waals surface area contributed by atoms with Gasteiger partial charge in [0.05, 0.1) is 39.3 Å². The molecular formula is C24H42N6O12. The summed E-state index contributed by atoms with van der Waals surface area (Å²) in [7, 11) is 0. The molecule has 42 heavy (non-hydrogen) atoms. The van der Waals surface area contributed by atoms with Crippen LogP contribution in [0.25, 0.3) is 0 Å². The zero-order chi connectivity index (χ0) is 31.7. The molecule has 0 aromatic carbocycles. The number of carbonyl (C=O) groups is 6. The molecule has 6 N–H and O–H groups in total. The monoisotopic (exact) mass is 606 g/mol. The summed E-state index contributed by atoms with van der Waals surface area (Å²) < 4.78 is 0. The van der Waals surface area contributed by atoms with Gasteiger partial charge in [0.15, 0.2) is 0 Å². The predicted octanol–water partition coefficient (Wildman–Crippen LogP) is -3.68. The molecule has 18 nitrogen and oxygen atoms in total. The van der Waals surface area contributed by atoms with Crippen LogP contribution in [0.5, 0.6) is 0 Å². The van der Waals surface area contributed by atoms with Crippen molar-refractivity contribution in [1.29, 1.82) is 0 Å². The van der Waals surface area contributed by atoms with E-state index in [2.05, 4.69) is 0 Å². The summed E-state index contributed by atoms with van der Waals surface area (Å²) >= 11 is 0. The minimum Gasteiger partial charge on any atom is -0.480 e. The molecule has 1 aliphatic heterocycles. The zero-order valence-corrected chi connectivity index (χ0v) is 23.5. The highest BCUT2D eigenvalue weighted by molar-refractivity contribution is 5.71. The van der Waals surface area contributed by atoms with Gasteiger partial charge in [-0.2, -0.15) is 0 Å². The van der Waals surface area contributed by atoms with E-state index in [-0.39, 0.29) is 118 Å². The van der Waals surface area contributed by atoms with Gasteiger partial charge in [-0.25, -0.2) is 0 Å². The van der Waals surface area contributed by atoms with Crippen molar-refractivity contribution in [2.24, 2.45) is 0 Å². The Morgan fingerprint density at radius 2 is 0.381 bits per heavy atom. The molecular weight excluding hydrogens is 564 g/mol. The number of aliphatic carboxylic acids is 6. The summed E-state index contributed by atoms with van der Waals surface area (Å²) in [5.74, 6) is -6.76. The average molecular weight is 607 g/mol. The SMILES string of the molecule is O=C(O)CN1CCN(CC(=O)O)CCN(CC(=O)O)CCN(CC(=O)O)CCN(CC(=O)O)CCN(CC(=O)O)CC1. The molecule has 0 aromatic heterocycles.